The van der Waals surface area contributed by atoms with E-state index in [0.717, 1.165) is 22.7 Å². The van der Waals surface area contributed by atoms with E-state index in [-0.39, 0.29) is 12.3 Å². The number of carbonyl (C=O) groups is 1. The molecule has 1 amide bonds. The van der Waals surface area contributed by atoms with E-state index in [1.54, 1.807) is 24.4 Å². The Morgan fingerprint density at radius 1 is 1.04 bits per heavy atom. The van der Waals surface area contributed by atoms with Crippen LogP contribution in [0.4, 0.5) is 5.69 Å². The number of nitrogens with zero attached hydrogens (tertiary/aromatic N) is 3. The fourth-order valence-corrected chi connectivity index (χ4v) is 3.34. The third-order valence-corrected chi connectivity index (χ3v) is 4.84. The molecule has 0 saturated heterocycles. The average molecular weight is 411 g/mol. The molecule has 0 bridgehead atoms. The van der Waals surface area contributed by atoms with Crippen LogP contribution in [-0.4, -0.2) is 20.4 Å². The number of aryl methyl sites for hydroxylation is 1. The quantitative estimate of drug-likeness (QED) is 0.485. The summed E-state index contributed by atoms with van der Waals surface area (Å²) < 4.78 is 1.98. The summed E-state index contributed by atoms with van der Waals surface area (Å²) in [5.41, 5.74) is 3.01. The van der Waals surface area contributed by atoms with E-state index < -0.39 is 0 Å². The van der Waals surface area contributed by atoms with Gasteiger partial charge in [0, 0.05) is 29.7 Å². The van der Waals surface area contributed by atoms with Crippen molar-refractivity contribution in [2.45, 2.75) is 12.8 Å². The number of hydrogen-bond acceptors (Lipinski definition) is 3. The minimum atomic E-state index is -0.163. The zero-order valence-electron chi connectivity index (χ0n) is 14.8. The maximum Gasteiger partial charge on any atom is 0.224 e. The van der Waals surface area contributed by atoms with Crippen LogP contribution < -0.4 is 5.32 Å². The van der Waals surface area contributed by atoms with Crippen molar-refractivity contribution in [1.29, 1.82) is 0 Å². The number of aromatic nitrogens is 3. The summed E-state index contributed by atoms with van der Waals surface area (Å²) in [6.07, 6.45) is 2.44. The zero-order chi connectivity index (χ0) is 19.5. The monoisotopic (exact) mass is 410 g/mol. The number of carbonyl (C=O) groups excluding carboxylic acids is 1. The van der Waals surface area contributed by atoms with Crippen molar-refractivity contribution in [3.8, 4) is 5.69 Å². The second-order valence-corrected chi connectivity index (χ2v) is 7.06. The summed E-state index contributed by atoms with van der Waals surface area (Å²) in [4.78, 5) is 21.6. The molecule has 0 fully saturated rings. The SMILES string of the molecule is O=C(CCc1nc2cccnc2n1-c1ccccc1)Nc1cc(Cl)ccc1Cl. The molecule has 4 aromatic rings. The average Bonchev–Trinajstić information content (AvgIpc) is 3.08. The van der Waals surface area contributed by atoms with Crippen LogP contribution in [0.1, 0.15) is 12.2 Å². The molecular weight excluding hydrogens is 395 g/mol. The van der Waals surface area contributed by atoms with Crippen molar-refractivity contribution >= 4 is 46.0 Å². The first-order valence-electron chi connectivity index (χ1n) is 8.74. The number of para-hydroxylation sites is 1. The number of benzene rings is 2. The predicted molar refractivity (Wildman–Crippen MR) is 112 cm³/mol. The number of halogens is 2. The van der Waals surface area contributed by atoms with Gasteiger partial charge < -0.3 is 5.32 Å². The number of hydrogen-bond donors (Lipinski definition) is 1. The van der Waals surface area contributed by atoms with Crippen LogP contribution in [0, 0.1) is 0 Å². The Bertz CT molecular complexity index is 1140. The van der Waals surface area contributed by atoms with Crippen LogP contribution in [0.25, 0.3) is 16.9 Å². The number of pyridine rings is 1. The lowest BCUT2D eigenvalue weighted by molar-refractivity contribution is -0.116. The molecule has 2 heterocycles. The van der Waals surface area contributed by atoms with Gasteiger partial charge in [-0.2, -0.15) is 0 Å². The third kappa shape index (κ3) is 3.86. The normalized spacial score (nSPS) is 10.9. The highest BCUT2D eigenvalue weighted by molar-refractivity contribution is 6.35. The largest absolute Gasteiger partial charge is 0.325 e. The van der Waals surface area contributed by atoms with Crippen LogP contribution in [0.2, 0.25) is 10.0 Å². The van der Waals surface area contributed by atoms with Gasteiger partial charge in [-0.3, -0.25) is 9.36 Å². The summed E-state index contributed by atoms with van der Waals surface area (Å²) in [6, 6.07) is 18.6. The van der Waals surface area contributed by atoms with Gasteiger partial charge >= 0.3 is 0 Å². The van der Waals surface area contributed by atoms with E-state index in [1.165, 1.54) is 0 Å². The molecule has 0 unspecified atom stereocenters. The molecule has 7 heteroatoms. The van der Waals surface area contributed by atoms with E-state index in [0.29, 0.717) is 22.2 Å². The Kier molecular flexibility index (Phi) is 5.28. The predicted octanol–water partition coefficient (Wildman–Crippen LogP) is 5.30. The zero-order valence-corrected chi connectivity index (χ0v) is 16.3. The van der Waals surface area contributed by atoms with Crippen molar-refractivity contribution in [1.82, 2.24) is 14.5 Å². The van der Waals surface area contributed by atoms with Gasteiger partial charge in [0.25, 0.3) is 0 Å². The fraction of sp³-hybridized carbons (Fsp3) is 0.0952. The van der Waals surface area contributed by atoms with Crippen molar-refractivity contribution < 1.29 is 4.79 Å². The van der Waals surface area contributed by atoms with Crippen LogP contribution in [0.15, 0.2) is 66.9 Å². The van der Waals surface area contributed by atoms with Crippen LogP contribution in [-0.2, 0) is 11.2 Å². The van der Waals surface area contributed by atoms with E-state index in [4.69, 9.17) is 23.2 Å². The second kappa shape index (κ2) is 8.00. The first kappa shape index (κ1) is 18.5. The van der Waals surface area contributed by atoms with Crippen LogP contribution in [0.5, 0.6) is 0 Å². The number of fused-ring (bicyclic) bond motifs is 1. The molecule has 140 valence electrons. The van der Waals surface area contributed by atoms with Gasteiger partial charge in [-0.05, 0) is 42.5 Å². The van der Waals surface area contributed by atoms with Gasteiger partial charge in [-0.15, -0.1) is 0 Å². The summed E-state index contributed by atoms with van der Waals surface area (Å²) in [7, 11) is 0. The third-order valence-electron chi connectivity index (χ3n) is 4.28. The van der Waals surface area contributed by atoms with Crippen molar-refractivity contribution in [3.05, 3.63) is 82.7 Å². The van der Waals surface area contributed by atoms with E-state index in [1.807, 2.05) is 47.0 Å². The van der Waals surface area contributed by atoms with Crippen molar-refractivity contribution in [2.75, 3.05) is 5.32 Å². The number of anilines is 1. The Labute approximate surface area is 171 Å². The first-order valence-corrected chi connectivity index (χ1v) is 9.50. The van der Waals surface area contributed by atoms with Gasteiger partial charge in [0.2, 0.25) is 5.91 Å². The lowest BCUT2D eigenvalue weighted by Gasteiger charge is -2.10. The summed E-state index contributed by atoms with van der Waals surface area (Å²) >= 11 is 12.1. The highest BCUT2D eigenvalue weighted by Crippen LogP contribution is 2.26. The lowest BCUT2D eigenvalue weighted by Crippen LogP contribution is -2.14. The summed E-state index contributed by atoms with van der Waals surface area (Å²) in [5.74, 6) is 0.607. The summed E-state index contributed by atoms with van der Waals surface area (Å²) in [5, 5.41) is 3.76. The molecule has 1 N–H and O–H groups in total. The molecule has 0 radical (unpaired) electrons. The molecule has 4 rings (SSSR count). The first-order chi connectivity index (χ1) is 13.6. The second-order valence-electron chi connectivity index (χ2n) is 6.22. The molecule has 0 aliphatic carbocycles. The molecule has 0 aliphatic rings. The van der Waals surface area contributed by atoms with E-state index >= 15 is 0 Å². The standard InChI is InChI=1S/C21H16Cl2N4O/c22-14-8-9-16(23)18(13-14)26-20(28)11-10-19-25-17-7-4-12-24-21(17)27(19)15-5-2-1-3-6-15/h1-9,12-13H,10-11H2,(H,26,28). The molecule has 0 aliphatic heterocycles. The van der Waals surface area contributed by atoms with Gasteiger partial charge in [0.1, 0.15) is 11.3 Å². The van der Waals surface area contributed by atoms with Crippen LogP contribution in [0.3, 0.4) is 0 Å². The van der Waals surface area contributed by atoms with E-state index in [2.05, 4.69) is 15.3 Å². The maximum atomic E-state index is 12.4. The Balaban J connectivity index is 1.58. The molecular formula is C21H16Cl2N4O. The lowest BCUT2D eigenvalue weighted by atomic mass is 10.2. The number of imidazole rings is 1. The topological polar surface area (TPSA) is 59.8 Å². The molecule has 2 aromatic carbocycles. The van der Waals surface area contributed by atoms with Gasteiger partial charge in [-0.25, -0.2) is 9.97 Å². The molecule has 0 atom stereocenters. The fourth-order valence-electron chi connectivity index (χ4n) is 3.01. The smallest absolute Gasteiger partial charge is 0.224 e. The Hall–Kier alpha value is -2.89. The Morgan fingerprint density at radius 2 is 1.86 bits per heavy atom. The number of rotatable bonds is 5. The minimum Gasteiger partial charge on any atom is -0.325 e. The molecule has 5 nitrogen and oxygen atoms in total. The highest BCUT2D eigenvalue weighted by Gasteiger charge is 2.15. The maximum absolute atomic E-state index is 12.4. The van der Waals surface area contributed by atoms with E-state index in [9.17, 15) is 4.79 Å². The van der Waals surface area contributed by atoms with Crippen LogP contribution >= 0.6 is 23.2 Å². The molecule has 0 spiro atoms. The minimum absolute atomic E-state index is 0.163. The van der Waals surface area contributed by atoms with Gasteiger partial charge in [0.05, 0.1) is 10.7 Å². The number of nitrogens with one attached hydrogen (secondary N) is 1. The molecule has 2 aromatic heterocycles. The number of amides is 1. The highest BCUT2D eigenvalue weighted by atomic mass is 35.5. The summed E-state index contributed by atoms with van der Waals surface area (Å²) in [6.45, 7) is 0. The van der Waals surface area contributed by atoms with Gasteiger partial charge in [0.15, 0.2) is 5.65 Å². The van der Waals surface area contributed by atoms with Crippen molar-refractivity contribution in [3.63, 3.8) is 0 Å². The van der Waals surface area contributed by atoms with Crippen molar-refractivity contribution in [2.24, 2.45) is 0 Å². The Morgan fingerprint density at radius 3 is 2.68 bits per heavy atom. The molecule has 0 saturated carbocycles. The van der Waals surface area contributed by atoms with Gasteiger partial charge in [-0.1, -0.05) is 41.4 Å². The molecule has 28 heavy (non-hydrogen) atoms.